The summed E-state index contributed by atoms with van der Waals surface area (Å²) in [7, 11) is 1.58. The molecule has 3 nitrogen and oxygen atoms in total. The summed E-state index contributed by atoms with van der Waals surface area (Å²) in [4.78, 5) is 0. The van der Waals surface area contributed by atoms with Gasteiger partial charge in [0.15, 0.2) is 5.75 Å². The van der Waals surface area contributed by atoms with Crippen LogP contribution in [0.2, 0.25) is 0 Å². The van der Waals surface area contributed by atoms with Crippen LogP contribution in [0.3, 0.4) is 0 Å². The van der Waals surface area contributed by atoms with Crippen molar-refractivity contribution in [2.24, 2.45) is 0 Å². The van der Waals surface area contributed by atoms with Crippen LogP contribution in [0.5, 0.6) is 17.2 Å². The first-order valence-electron chi connectivity index (χ1n) is 5.48. The van der Waals surface area contributed by atoms with Crippen molar-refractivity contribution in [1.29, 1.82) is 0 Å². The van der Waals surface area contributed by atoms with Gasteiger partial charge >= 0.3 is 0 Å². The van der Waals surface area contributed by atoms with Crippen molar-refractivity contribution in [2.45, 2.75) is 6.92 Å². The zero-order valence-electron chi connectivity index (χ0n) is 10.2. The van der Waals surface area contributed by atoms with Gasteiger partial charge in [-0.3, -0.25) is 0 Å². The lowest BCUT2D eigenvalue weighted by atomic mass is 10.2. The van der Waals surface area contributed by atoms with E-state index in [0.29, 0.717) is 17.2 Å². The Kier molecular flexibility index (Phi) is 3.77. The largest absolute Gasteiger partial charge is 0.494 e. The molecule has 2 N–H and O–H groups in total. The van der Waals surface area contributed by atoms with Gasteiger partial charge in [0, 0.05) is 0 Å². The maximum absolute atomic E-state index is 5.96. The number of nitrogens with two attached hydrogens (primary N) is 1. The van der Waals surface area contributed by atoms with E-state index in [1.54, 1.807) is 13.2 Å². The Morgan fingerprint density at radius 3 is 2.44 bits per heavy atom. The van der Waals surface area contributed by atoms with Crippen LogP contribution in [0, 0.1) is 6.92 Å². The van der Waals surface area contributed by atoms with Crippen molar-refractivity contribution < 1.29 is 9.47 Å². The Balaban J connectivity index is 2.34. The minimum Gasteiger partial charge on any atom is -0.494 e. The van der Waals surface area contributed by atoms with Gasteiger partial charge in [-0.25, -0.2) is 0 Å². The predicted octanol–water partition coefficient (Wildman–Crippen LogP) is 4.14. The standard InChI is InChI=1S/C14H14BrNO2/c1-9-6-7-11(10(15)8-9)18-13-5-3-4-12(17-2)14(13)16/h3-8H,16H2,1-2H3. The molecule has 0 heterocycles. The Labute approximate surface area is 115 Å². The van der Waals surface area contributed by atoms with E-state index in [1.807, 2.05) is 37.3 Å². The normalized spacial score (nSPS) is 10.2. The fourth-order valence-corrected chi connectivity index (χ4v) is 2.17. The molecule has 0 radical (unpaired) electrons. The topological polar surface area (TPSA) is 44.5 Å². The molecule has 18 heavy (non-hydrogen) atoms. The van der Waals surface area contributed by atoms with Crippen molar-refractivity contribution in [3.05, 3.63) is 46.4 Å². The summed E-state index contributed by atoms with van der Waals surface area (Å²) in [6, 6.07) is 11.3. The number of para-hydroxylation sites is 1. The van der Waals surface area contributed by atoms with Crippen molar-refractivity contribution >= 4 is 21.6 Å². The van der Waals surface area contributed by atoms with Crippen LogP contribution in [0.1, 0.15) is 5.56 Å². The summed E-state index contributed by atoms with van der Waals surface area (Å²) >= 11 is 3.47. The van der Waals surface area contributed by atoms with Crippen molar-refractivity contribution in [3.8, 4) is 17.2 Å². The van der Waals surface area contributed by atoms with Gasteiger partial charge < -0.3 is 15.2 Å². The Morgan fingerprint density at radius 2 is 1.78 bits per heavy atom. The highest BCUT2D eigenvalue weighted by Crippen LogP contribution is 2.37. The fraction of sp³-hybridized carbons (Fsp3) is 0.143. The van der Waals surface area contributed by atoms with Crippen LogP contribution in [0.25, 0.3) is 0 Å². The van der Waals surface area contributed by atoms with Gasteiger partial charge in [0.25, 0.3) is 0 Å². The minimum absolute atomic E-state index is 0.493. The summed E-state index contributed by atoms with van der Waals surface area (Å²) in [5.41, 5.74) is 7.61. The van der Waals surface area contributed by atoms with Gasteiger partial charge in [0.1, 0.15) is 17.2 Å². The fourth-order valence-electron chi connectivity index (χ4n) is 1.60. The highest BCUT2D eigenvalue weighted by atomic mass is 79.9. The quantitative estimate of drug-likeness (QED) is 0.867. The Bertz CT molecular complexity index is 570. The highest BCUT2D eigenvalue weighted by molar-refractivity contribution is 9.10. The lowest BCUT2D eigenvalue weighted by molar-refractivity contribution is 0.412. The third kappa shape index (κ3) is 2.59. The predicted molar refractivity (Wildman–Crippen MR) is 76.4 cm³/mol. The van der Waals surface area contributed by atoms with E-state index >= 15 is 0 Å². The number of benzene rings is 2. The van der Waals surface area contributed by atoms with Crippen molar-refractivity contribution in [1.82, 2.24) is 0 Å². The zero-order chi connectivity index (χ0) is 13.1. The maximum atomic E-state index is 5.96. The lowest BCUT2D eigenvalue weighted by Crippen LogP contribution is -1.96. The summed E-state index contributed by atoms with van der Waals surface area (Å²) in [6.45, 7) is 2.02. The van der Waals surface area contributed by atoms with E-state index in [2.05, 4.69) is 15.9 Å². The molecule has 94 valence electrons. The zero-order valence-corrected chi connectivity index (χ0v) is 11.8. The van der Waals surface area contributed by atoms with E-state index in [4.69, 9.17) is 15.2 Å². The number of nitrogen functional groups attached to an aromatic ring is 1. The van der Waals surface area contributed by atoms with E-state index in [1.165, 1.54) is 0 Å². The molecule has 2 aromatic carbocycles. The molecule has 0 atom stereocenters. The maximum Gasteiger partial charge on any atom is 0.154 e. The molecule has 0 aromatic heterocycles. The second-order valence-electron chi connectivity index (χ2n) is 3.91. The van der Waals surface area contributed by atoms with Gasteiger partial charge in [-0.15, -0.1) is 0 Å². The van der Waals surface area contributed by atoms with Gasteiger partial charge in [-0.2, -0.15) is 0 Å². The number of halogens is 1. The molecule has 0 bridgehead atoms. The summed E-state index contributed by atoms with van der Waals surface area (Å²) in [5.74, 6) is 1.91. The summed E-state index contributed by atoms with van der Waals surface area (Å²) in [5, 5.41) is 0. The van der Waals surface area contributed by atoms with Gasteiger partial charge in [-0.05, 0) is 52.7 Å². The van der Waals surface area contributed by atoms with Crippen molar-refractivity contribution in [2.75, 3.05) is 12.8 Å². The number of hydrogen-bond acceptors (Lipinski definition) is 3. The van der Waals surface area contributed by atoms with E-state index in [9.17, 15) is 0 Å². The summed E-state index contributed by atoms with van der Waals surface area (Å²) in [6.07, 6.45) is 0. The molecule has 4 heteroatoms. The van der Waals surface area contributed by atoms with Crippen molar-refractivity contribution in [3.63, 3.8) is 0 Å². The van der Waals surface area contributed by atoms with Crippen LogP contribution in [0.4, 0.5) is 5.69 Å². The highest BCUT2D eigenvalue weighted by Gasteiger charge is 2.09. The average Bonchev–Trinajstić information content (AvgIpc) is 2.35. The molecule has 0 unspecified atom stereocenters. The first kappa shape index (κ1) is 12.8. The van der Waals surface area contributed by atoms with Crippen LogP contribution < -0.4 is 15.2 Å². The van der Waals surface area contributed by atoms with E-state index in [-0.39, 0.29) is 0 Å². The smallest absolute Gasteiger partial charge is 0.154 e. The number of anilines is 1. The number of hydrogen-bond donors (Lipinski definition) is 1. The lowest BCUT2D eigenvalue weighted by Gasteiger charge is -2.12. The molecule has 0 aliphatic heterocycles. The molecule has 0 aliphatic rings. The molecule has 2 rings (SSSR count). The Morgan fingerprint density at radius 1 is 1.06 bits per heavy atom. The SMILES string of the molecule is COc1cccc(Oc2ccc(C)cc2Br)c1N. The molecule has 2 aromatic rings. The minimum atomic E-state index is 0.493. The molecule has 0 aliphatic carbocycles. The molecule has 0 amide bonds. The summed E-state index contributed by atoms with van der Waals surface area (Å²) < 4.78 is 11.8. The van der Waals surface area contributed by atoms with Gasteiger partial charge in [0.2, 0.25) is 0 Å². The number of rotatable bonds is 3. The molecule has 0 saturated carbocycles. The third-order valence-corrected chi connectivity index (χ3v) is 3.17. The molecule has 0 spiro atoms. The number of aryl methyl sites for hydroxylation is 1. The van der Waals surface area contributed by atoms with Gasteiger partial charge in [0.05, 0.1) is 11.6 Å². The van der Waals surface area contributed by atoms with E-state index < -0.39 is 0 Å². The average molecular weight is 308 g/mol. The second kappa shape index (κ2) is 5.31. The molecular formula is C14H14BrNO2. The van der Waals surface area contributed by atoms with Crippen LogP contribution in [-0.2, 0) is 0 Å². The molecule has 0 fully saturated rings. The first-order chi connectivity index (χ1) is 8.61. The monoisotopic (exact) mass is 307 g/mol. The van der Waals surface area contributed by atoms with E-state index in [0.717, 1.165) is 15.8 Å². The Hall–Kier alpha value is -1.68. The number of ether oxygens (including phenoxy) is 2. The third-order valence-electron chi connectivity index (χ3n) is 2.55. The van der Waals surface area contributed by atoms with Gasteiger partial charge in [-0.1, -0.05) is 12.1 Å². The van der Waals surface area contributed by atoms with Crippen LogP contribution in [0.15, 0.2) is 40.9 Å². The first-order valence-corrected chi connectivity index (χ1v) is 6.27. The van der Waals surface area contributed by atoms with Crippen LogP contribution >= 0.6 is 15.9 Å². The second-order valence-corrected chi connectivity index (χ2v) is 4.76. The number of methoxy groups -OCH3 is 1. The molecular weight excluding hydrogens is 294 g/mol. The van der Waals surface area contributed by atoms with Crippen LogP contribution in [-0.4, -0.2) is 7.11 Å². The molecule has 0 saturated heterocycles.